The molecule has 252 valence electrons. The van der Waals surface area contributed by atoms with Gasteiger partial charge in [0.15, 0.2) is 0 Å². The summed E-state index contributed by atoms with van der Waals surface area (Å²) < 4.78 is 6.13. The molecule has 4 saturated carbocycles. The highest BCUT2D eigenvalue weighted by Gasteiger charge is 2.69. The molecule has 7 nitrogen and oxygen atoms in total. The van der Waals surface area contributed by atoms with Crippen LogP contribution in [0.1, 0.15) is 112 Å². The van der Waals surface area contributed by atoms with Crippen LogP contribution in [0.3, 0.4) is 0 Å². The summed E-state index contributed by atoms with van der Waals surface area (Å²) in [4.78, 5) is 16.2. The van der Waals surface area contributed by atoms with Crippen molar-refractivity contribution in [2.75, 3.05) is 46.1 Å². The average molecular weight is 618 g/mol. The van der Waals surface area contributed by atoms with Crippen LogP contribution < -0.4 is 0 Å². The molecule has 44 heavy (non-hydrogen) atoms. The van der Waals surface area contributed by atoms with E-state index in [0.29, 0.717) is 44.5 Å². The van der Waals surface area contributed by atoms with E-state index in [1.54, 1.807) is 0 Å². The van der Waals surface area contributed by atoms with Crippen LogP contribution in [0.4, 0.5) is 0 Å². The van der Waals surface area contributed by atoms with Crippen molar-refractivity contribution in [3.8, 4) is 0 Å². The average Bonchev–Trinajstić information content (AvgIpc) is 2.97. The lowest BCUT2D eigenvalue weighted by atomic mass is 9.33. The van der Waals surface area contributed by atoms with E-state index in [0.717, 1.165) is 64.2 Å². The Bertz CT molecular complexity index is 1090. The summed E-state index contributed by atoms with van der Waals surface area (Å²) in [6.07, 6.45) is 12.5. The molecule has 0 amide bonds. The zero-order chi connectivity index (χ0) is 32.2. The Morgan fingerprint density at radius 1 is 0.886 bits per heavy atom. The summed E-state index contributed by atoms with van der Waals surface area (Å²) >= 11 is 0. The summed E-state index contributed by atoms with van der Waals surface area (Å²) in [5, 5.41) is 40.3. The molecule has 4 fully saturated rings. The smallest absolute Gasteiger partial charge is 0.312 e. The number of ether oxygens (including phenoxy) is 1. The van der Waals surface area contributed by atoms with E-state index in [-0.39, 0.29) is 53.4 Å². The monoisotopic (exact) mass is 617 g/mol. The number of hydrogen-bond donors (Lipinski definition) is 4. The van der Waals surface area contributed by atoms with Crippen LogP contribution in [0, 0.1) is 50.2 Å². The van der Waals surface area contributed by atoms with E-state index in [2.05, 4.69) is 47.6 Å². The Morgan fingerprint density at radius 2 is 1.57 bits per heavy atom. The number of carbonyl (C=O) groups excluding carboxylic acids is 1. The molecular formula is C37H63NO6. The van der Waals surface area contributed by atoms with Crippen LogP contribution in [-0.2, 0) is 9.53 Å². The second-order valence-corrected chi connectivity index (χ2v) is 17.4. The SMILES string of the molecule is CC1(C)CC[C@]2(C(=O)OCCCN(CCO)CCO)CC[C@]3(C)C(=CC[C@@H]4[C@@]5(C)CC[C@H](O)[C@@](C)(CO)C5CC[C@]43C)[C@H]2C1. The fourth-order valence-corrected chi connectivity index (χ4v) is 11.8. The fourth-order valence-electron chi connectivity index (χ4n) is 11.8. The van der Waals surface area contributed by atoms with Gasteiger partial charge in [0.05, 0.1) is 37.9 Å². The normalized spacial score (nSPS) is 44.6. The lowest BCUT2D eigenvalue weighted by Crippen LogP contribution is -2.66. The van der Waals surface area contributed by atoms with Gasteiger partial charge in [-0.1, -0.05) is 53.2 Å². The predicted molar refractivity (Wildman–Crippen MR) is 173 cm³/mol. The van der Waals surface area contributed by atoms with Crippen molar-refractivity contribution in [1.82, 2.24) is 4.90 Å². The number of hydrogen-bond acceptors (Lipinski definition) is 7. The van der Waals surface area contributed by atoms with Gasteiger partial charge in [-0.25, -0.2) is 0 Å². The van der Waals surface area contributed by atoms with Crippen molar-refractivity contribution >= 4 is 5.97 Å². The number of carbonyl (C=O) groups is 1. The highest BCUT2D eigenvalue weighted by molar-refractivity contribution is 5.78. The second-order valence-electron chi connectivity index (χ2n) is 17.4. The molecule has 0 aromatic rings. The molecule has 7 heteroatoms. The number of nitrogens with zero attached hydrogens (tertiary/aromatic N) is 1. The predicted octanol–water partition coefficient (Wildman–Crippen LogP) is 5.34. The molecular weight excluding hydrogens is 554 g/mol. The number of allylic oxidation sites excluding steroid dienone is 2. The molecule has 0 heterocycles. The van der Waals surface area contributed by atoms with Crippen LogP contribution in [-0.4, -0.2) is 83.5 Å². The Morgan fingerprint density at radius 3 is 2.23 bits per heavy atom. The van der Waals surface area contributed by atoms with Crippen LogP contribution in [0.5, 0.6) is 0 Å². The van der Waals surface area contributed by atoms with Gasteiger partial charge in [0, 0.05) is 25.0 Å². The minimum absolute atomic E-state index is 0.00648. The van der Waals surface area contributed by atoms with Crippen molar-refractivity contribution in [2.24, 2.45) is 50.2 Å². The molecule has 0 saturated heterocycles. The molecule has 0 aromatic carbocycles. The van der Waals surface area contributed by atoms with Gasteiger partial charge in [-0.05, 0) is 110 Å². The number of fused-ring (bicyclic) bond motifs is 7. The molecule has 4 N–H and O–H groups in total. The zero-order valence-electron chi connectivity index (χ0n) is 28.7. The summed E-state index contributed by atoms with van der Waals surface area (Å²) in [6, 6.07) is 0. The first-order chi connectivity index (χ1) is 20.7. The Kier molecular flexibility index (Phi) is 9.55. The molecule has 0 bridgehead atoms. The third-order valence-electron chi connectivity index (χ3n) is 14.8. The maximum Gasteiger partial charge on any atom is 0.312 e. The number of esters is 1. The first-order valence-corrected chi connectivity index (χ1v) is 17.8. The van der Waals surface area contributed by atoms with Gasteiger partial charge in [-0.3, -0.25) is 9.69 Å². The number of aliphatic hydroxyl groups is 4. The van der Waals surface area contributed by atoms with Gasteiger partial charge in [-0.2, -0.15) is 0 Å². The molecule has 0 aromatic heterocycles. The van der Waals surface area contributed by atoms with Crippen molar-refractivity contribution in [3.05, 3.63) is 11.6 Å². The van der Waals surface area contributed by atoms with E-state index in [1.807, 2.05) is 4.90 Å². The molecule has 0 radical (unpaired) electrons. The summed E-state index contributed by atoms with van der Waals surface area (Å²) in [5.74, 6) is 0.965. The lowest BCUT2D eigenvalue weighted by Gasteiger charge is -2.71. The van der Waals surface area contributed by atoms with Crippen molar-refractivity contribution in [2.45, 2.75) is 118 Å². The highest BCUT2D eigenvalue weighted by atomic mass is 16.5. The zero-order valence-corrected chi connectivity index (χ0v) is 28.7. The molecule has 5 aliphatic carbocycles. The Balaban J connectivity index is 1.42. The van der Waals surface area contributed by atoms with E-state index < -0.39 is 16.9 Å². The fraction of sp³-hybridized carbons (Fsp3) is 0.919. The van der Waals surface area contributed by atoms with Crippen molar-refractivity contribution in [1.29, 1.82) is 0 Å². The maximum atomic E-state index is 14.2. The topological polar surface area (TPSA) is 110 Å². The van der Waals surface area contributed by atoms with Crippen LogP contribution in [0.25, 0.3) is 0 Å². The Labute approximate surface area is 266 Å². The molecule has 5 rings (SSSR count). The van der Waals surface area contributed by atoms with Gasteiger partial charge in [0.25, 0.3) is 0 Å². The van der Waals surface area contributed by atoms with Gasteiger partial charge < -0.3 is 25.2 Å². The molecule has 5 aliphatic rings. The largest absolute Gasteiger partial charge is 0.465 e. The van der Waals surface area contributed by atoms with Crippen molar-refractivity contribution < 1.29 is 30.0 Å². The minimum Gasteiger partial charge on any atom is -0.465 e. The van der Waals surface area contributed by atoms with Gasteiger partial charge in [0.2, 0.25) is 0 Å². The maximum absolute atomic E-state index is 14.2. The summed E-state index contributed by atoms with van der Waals surface area (Å²) in [5.41, 5.74) is 0.942. The second kappa shape index (κ2) is 12.2. The van der Waals surface area contributed by atoms with Crippen LogP contribution in [0.15, 0.2) is 11.6 Å². The first kappa shape index (κ1) is 34.3. The van der Waals surface area contributed by atoms with Gasteiger partial charge in [-0.15, -0.1) is 0 Å². The number of aliphatic hydroxyl groups excluding tert-OH is 4. The molecule has 0 aliphatic heterocycles. The molecule has 9 atom stereocenters. The first-order valence-electron chi connectivity index (χ1n) is 17.8. The minimum atomic E-state index is -0.467. The summed E-state index contributed by atoms with van der Waals surface area (Å²) in [6.45, 7) is 16.6. The molecule has 0 spiro atoms. The van der Waals surface area contributed by atoms with Crippen molar-refractivity contribution in [3.63, 3.8) is 0 Å². The highest BCUT2D eigenvalue weighted by Crippen LogP contribution is 2.75. The molecule has 1 unspecified atom stereocenters. The van der Waals surface area contributed by atoms with Gasteiger partial charge in [0.1, 0.15) is 0 Å². The Hall–Kier alpha value is -0.990. The number of rotatable bonds is 10. The third kappa shape index (κ3) is 5.23. The standard InChI is InChI=1S/C37H63NO6/c1-32(2)14-16-37(31(43)44-23-7-18-38(19-21-39)20-22-40)17-15-35(5)26(27(37)24-32)8-9-29-33(3)12-11-30(42)34(4,25-41)28(33)10-13-36(29,35)6/h8,27-30,39-42H,7,9-25H2,1-6H3/t27-,28?,29-,30+,33+,34+,35-,36-,37+/m1/s1. The third-order valence-corrected chi connectivity index (χ3v) is 14.8. The van der Waals surface area contributed by atoms with Crippen LogP contribution >= 0.6 is 0 Å². The van der Waals surface area contributed by atoms with Gasteiger partial charge >= 0.3 is 5.97 Å². The van der Waals surface area contributed by atoms with E-state index in [9.17, 15) is 25.2 Å². The quantitative estimate of drug-likeness (QED) is 0.149. The summed E-state index contributed by atoms with van der Waals surface area (Å²) in [7, 11) is 0. The van der Waals surface area contributed by atoms with Crippen LogP contribution in [0.2, 0.25) is 0 Å². The van der Waals surface area contributed by atoms with E-state index >= 15 is 0 Å². The lowest BCUT2D eigenvalue weighted by molar-refractivity contribution is -0.217. The van der Waals surface area contributed by atoms with E-state index in [4.69, 9.17) is 4.74 Å². The van der Waals surface area contributed by atoms with E-state index in [1.165, 1.54) is 5.57 Å².